The van der Waals surface area contributed by atoms with Crippen LogP contribution >= 0.6 is 23.2 Å². The molecule has 1 aliphatic heterocycles. The van der Waals surface area contributed by atoms with Gasteiger partial charge in [0.05, 0.1) is 22.2 Å². The number of nitrogens with one attached hydrogen (secondary N) is 2. The second-order valence-corrected chi connectivity index (χ2v) is 5.82. The van der Waals surface area contributed by atoms with E-state index in [1.54, 1.807) is 6.07 Å². The third kappa shape index (κ3) is 2.74. The smallest absolute Gasteiger partial charge is 0.161 e. The van der Waals surface area contributed by atoms with Crippen molar-refractivity contribution in [3.8, 4) is 0 Å². The van der Waals surface area contributed by atoms with Crippen molar-refractivity contribution < 1.29 is 4.74 Å². The van der Waals surface area contributed by atoms with Gasteiger partial charge in [0.25, 0.3) is 0 Å². The van der Waals surface area contributed by atoms with Crippen LogP contribution in [-0.2, 0) is 4.74 Å². The first-order chi connectivity index (χ1) is 9.19. The molecule has 2 aliphatic rings. The maximum absolute atomic E-state index is 6.16. The summed E-state index contributed by atoms with van der Waals surface area (Å²) in [6.07, 6.45) is 3.73. The number of ether oxygens (including phenoxy) is 1. The van der Waals surface area contributed by atoms with Crippen LogP contribution in [0, 0.1) is 5.92 Å². The fourth-order valence-electron chi connectivity index (χ4n) is 2.50. The Hall–Kier alpha value is -0.750. The molecule has 0 bridgehead atoms. The molecule has 104 valence electrons. The SMILES string of the molecule is NNc1nc(NC2CCOC2C2CC2)c(Cl)cc1Cl. The average Bonchev–Trinajstić information content (AvgIpc) is 3.13. The zero-order chi connectivity index (χ0) is 13.4. The molecule has 5 nitrogen and oxygen atoms in total. The molecule has 1 aromatic heterocycles. The fraction of sp³-hybridized carbons (Fsp3) is 0.583. The van der Waals surface area contributed by atoms with E-state index in [-0.39, 0.29) is 12.1 Å². The number of aromatic nitrogens is 1. The zero-order valence-corrected chi connectivity index (χ0v) is 11.8. The van der Waals surface area contributed by atoms with Crippen molar-refractivity contribution in [3.05, 3.63) is 16.1 Å². The van der Waals surface area contributed by atoms with Crippen LogP contribution in [0.25, 0.3) is 0 Å². The van der Waals surface area contributed by atoms with Crippen molar-refractivity contribution in [2.45, 2.75) is 31.4 Å². The van der Waals surface area contributed by atoms with E-state index in [1.165, 1.54) is 12.8 Å². The van der Waals surface area contributed by atoms with Gasteiger partial charge >= 0.3 is 0 Å². The highest BCUT2D eigenvalue weighted by molar-refractivity contribution is 6.37. The second kappa shape index (κ2) is 5.32. The lowest BCUT2D eigenvalue weighted by molar-refractivity contribution is 0.0898. The number of halogens is 2. The van der Waals surface area contributed by atoms with Crippen LogP contribution in [-0.4, -0.2) is 23.7 Å². The molecule has 0 aromatic carbocycles. The summed E-state index contributed by atoms with van der Waals surface area (Å²) in [5.41, 5.74) is 2.46. The van der Waals surface area contributed by atoms with E-state index in [1.807, 2.05) is 0 Å². The maximum atomic E-state index is 6.16. The van der Waals surface area contributed by atoms with Crippen LogP contribution < -0.4 is 16.6 Å². The quantitative estimate of drug-likeness (QED) is 0.589. The van der Waals surface area contributed by atoms with Gasteiger partial charge in [0.2, 0.25) is 0 Å². The van der Waals surface area contributed by atoms with Crippen LogP contribution in [0.15, 0.2) is 6.07 Å². The van der Waals surface area contributed by atoms with Gasteiger partial charge in [-0.2, -0.15) is 0 Å². The maximum Gasteiger partial charge on any atom is 0.161 e. The fourth-order valence-corrected chi connectivity index (χ4v) is 2.97. The van der Waals surface area contributed by atoms with Crippen LogP contribution in [0.5, 0.6) is 0 Å². The number of nitrogens with two attached hydrogens (primary N) is 1. The predicted molar refractivity (Wildman–Crippen MR) is 76.6 cm³/mol. The molecule has 2 heterocycles. The average molecular weight is 303 g/mol. The molecule has 0 amide bonds. The van der Waals surface area contributed by atoms with Crippen LogP contribution in [0.2, 0.25) is 10.0 Å². The summed E-state index contributed by atoms with van der Waals surface area (Å²) in [4.78, 5) is 4.30. The molecule has 3 rings (SSSR count). The summed E-state index contributed by atoms with van der Waals surface area (Å²) in [7, 11) is 0. The monoisotopic (exact) mass is 302 g/mol. The number of anilines is 2. The summed E-state index contributed by atoms with van der Waals surface area (Å²) in [5.74, 6) is 7.06. The minimum atomic E-state index is 0.254. The van der Waals surface area contributed by atoms with Crippen molar-refractivity contribution in [3.63, 3.8) is 0 Å². The molecule has 7 heteroatoms. The number of nitrogen functional groups attached to an aromatic ring is 1. The Kier molecular flexibility index (Phi) is 3.71. The number of hydrazine groups is 1. The predicted octanol–water partition coefficient (Wildman–Crippen LogP) is 2.65. The Morgan fingerprint density at radius 1 is 1.21 bits per heavy atom. The van der Waals surface area contributed by atoms with E-state index in [0.29, 0.717) is 27.6 Å². The molecule has 1 aliphatic carbocycles. The highest BCUT2D eigenvalue weighted by Gasteiger charge is 2.40. The summed E-state index contributed by atoms with van der Waals surface area (Å²) < 4.78 is 5.78. The summed E-state index contributed by atoms with van der Waals surface area (Å²) in [6, 6.07) is 1.89. The Labute approximate surface area is 121 Å². The van der Waals surface area contributed by atoms with E-state index < -0.39 is 0 Å². The number of hydrogen-bond donors (Lipinski definition) is 3. The highest BCUT2D eigenvalue weighted by atomic mass is 35.5. The molecule has 1 aromatic rings. The Morgan fingerprint density at radius 2 is 1.95 bits per heavy atom. The first-order valence-corrected chi connectivity index (χ1v) is 7.15. The molecule has 2 atom stereocenters. The van der Waals surface area contributed by atoms with Crippen molar-refractivity contribution in [1.29, 1.82) is 0 Å². The van der Waals surface area contributed by atoms with Crippen LogP contribution in [0.1, 0.15) is 19.3 Å². The normalized spacial score (nSPS) is 26.5. The van der Waals surface area contributed by atoms with Gasteiger partial charge in [0.1, 0.15) is 5.82 Å². The van der Waals surface area contributed by atoms with E-state index in [0.717, 1.165) is 13.0 Å². The topological polar surface area (TPSA) is 72.2 Å². The second-order valence-electron chi connectivity index (χ2n) is 5.01. The van der Waals surface area contributed by atoms with Crippen LogP contribution in [0.3, 0.4) is 0 Å². The largest absolute Gasteiger partial charge is 0.376 e. The Balaban J connectivity index is 1.78. The Bertz CT molecular complexity index is 481. The molecule has 1 saturated heterocycles. The van der Waals surface area contributed by atoms with Gasteiger partial charge in [-0.05, 0) is 31.2 Å². The molecule has 1 saturated carbocycles. The van der Waals surface area contributed by atoms with Gasteiger partial charge in [-0.3, -0.25) is 0 Å². The standard InChI is InChI=1S/C12H16Cl2N4O/c13-7-5-8(14)12(18-15)17-11(7)16-9-3-4-19-10(9)6-1-2-6/h5-6,9-10H,1-4,15H2,(H2,16,17,18). The minimum absolute atomic E-state index is 0.254. The van der Waals surface area contributed by atoms with Crippen LogP contribution in [0.4, 0.5) is 11.6 Å². The third-order valence-corrected chi connectivity index (χ3v) is 4.19. The molecular weight excluding hydrogens is 287 g/mol. The first-order valence-electron chi connectivity index (χ1n) is 6.40. The summed E-state index contributed by atoms with van der Waals surface area (Å²) in [5, 5.41) is 4.25. The summed E-state index contributed by atoms with van der Waals surface area (Å²) in [6.45, 7) is 0.784. The number of nitrogens with zero attached hydrogens (tertiary/aromatic N) is 1. The minimum Gasteiger partial charge on any atom is -0.376 e. The molecule has 19 heavy (non-hydrogen) atoms. The van der Waals surface area contributed by atoms with Crippen molar-refractivity contribution in [2.24, 2.45) is 11.8 Å². The van der Waals surface area contributed by atoms with E-state index in [9.17, 15) is 0 Å². The van der Waals surface area contributed by atoms with Crippen molar-refractivity contribution in [2.75, 3.05) is 17.3 Å². The van der Waals surface area contributed by atoms with Crippen molar-refractivity contribution in [1.82, 2.24) is 4.98 Å². The van der Waals surface area contributed by atoms with E-state index in [4.69, 9.17) is 33.8 Å². The molecule has 2 unspecified atom stereocenters. The molecule has 4 N–H and O–H groups in total. The molecule has 0 spiro atoms. The van der Waals surface area contributed by atoms with E-state index in [2.05, 4.69) is 15.7 Å². The van der Waals surface area contributed by atoms with Gasteiger partial charge < -0.3 is 15.5 Å². The van der Waals surface area contributed by atoms with Gasteiger partial charge in [0.15, 0.2) is 5.82 Å². The number of rotatable bonds is 4. The number of hydrogen-bond acceptors (Lipinski definition) is 5. The molecule has 0 radical (unpaired) electrons. The molecule has 2 fully saturated rings. The van der Waals surface area contributed by atoms with Gasteiger partial charge in [0, 0.05) is 6.61 Å². The van der Waals surface area contributed by atoms with Gasteiger partial charge in [-0.25, -0.2) is 10.8 Å². The van der Waals surface area contributed by atoms with E-state index >= 15 is 0 Å². The Morgan fingerprint density at radius 3 is 2.63 bits per heavy atom. The lowest BCUT2D eigenvalue weighted by Crippen LogP contribution is -2.31. The van der Waals surface area contributed by atoms with Gasteiger partial charge in [-0.1, -0.05) is 23.2 Å². The molecular formula is C12H16Cl2N4O. The highest BCUT2D eigenvalue weighted by Crippen LogP contribution is 2.40. The lowest BCUT2D eigenvalue weighted by atomic mass is 10.1. The first kappa shape index (κ1) is 13.2. The van der Waals surface area contributed by atoms with Crippen molar-refractivity contribution >= 4 is 34.8 Å². The zero-order valence-electron chi connectivity index (χ0n) is 10.3. The summed E-state index contributed by atoms with van der Waals surface area (Å²) >= 11 is 12.1. The lowest BCUT2D eigenvalue weighted by Gasteiger charge is -2.21. The third-order valence-electron chi connectivity index (χ3n) is 3.61. The number of pyridine rings is 1. The van der Waals surface area contributed by atoms with Gasteiger partial charge in [-0.15, -0.1) is 0 Å².